The van der Waals surface area contributed by atoms with Crippen LogP contribution in [-0.2, 0) is 17.8 Å². The Bertz CT molecular complexity index is 1030. The number of likely N-dealkylation sites (N-methyl/N-ethyl adjacent to an activating group) is 1. The van der Waals surface area contributed by atoms with Gasteiger partial charge in [-0.25, -0.2) is 0 Å². The molecule has 1 aliphatic heterocycles. The number of nitrogens with zero attached hydrogens (tertiary/aromatic N) is 3. The minimum absolute atomic E-state index is 0.145. The Kier molecular flexibility index (Phi) is 7.12. The molecule has 1 aromatic heterocycles. The molecule has 168 valence electrons. The van der Waals surface area contributed by atoms with E-state index >= 15 is 0 Å². The van der Waals surface area contributed by atoms with Crippen LogP contribution >= 0.6 is 0 Å². The molecule has 1 amide bonds. The molecule has 0 saturated heterocycles. The van der Waals surface area contributed by atoms with E-state index in [4.69, 9.17) is 9.47 Å². The van der Waals surface area contributed by atoms with Crippen molar-refractivity contribution in [2.45, 2.75) is 19.9 Å². The summed E-state index contributed by atoms with van der Waals surface area (Å²) in [6.45, 7) is 6.40. The monoisotopic (exact) mass is 433 g/mol. The molecular formula is C26H31N3O3. The summed E-state index contributed by atoms with van der Waals surface area (Å²) >= 11 is 0. The largest absolute Gasteiger partial charge is 0.497 e. The predicted molar refractivity (Wildman–Crippen MR) is 125 cm³/mol. The number of para-hydroxylation sites is 1. The van der Waals surface area contributed by atoms with Crippen molar-refractivity contribution in [3.05, 3.63) is 78.1 Å². The summed E-state index contributed by atoms with van der Waals surface area (Å²) < 4.78 is 13.6. The van der Waals surface area contributed by atoms with E-state index in [1.54, 1.807) is 7.11 Å². The molecule has 0 unspecified atom stereocenters. The third kappa shape index (κ3) is 5.14. The number of aromatic nitrogens is 1. The van der Waals surface area contributed by atoms with Gasteiger partial charge in [0.2, 0.25) is 5.91 Å². The fourth-order valence-corrected chi connectivity index (χ4v) is 4.11. The fourth-order valence-electron chi connectivity index (χ4n) is 4.11. The maximum atomic E-state index is 12.9. The predicted octanol–water partition coefficient (Wildman–Crippen LogP) is 3.77. The van der Waals surface area contributed by atoms with Crippen molar-refractivity contribution in [1.29, 1.82) is 0 Å². The van der Waals surface area contributed by atoms with E-state index in [9.17, 15) is 4.79 Å². The number of hydrogen-bond donors (Lipinski definition) is 0. The van der Waals surface area contributed by atoms with Crippen LogP contribution in [0.15, 0.2) is 66.9 Å². The molecule has 2 aromatic carbocycles. The summed E-state index contributed by atoms with van der Waals surface area (Å²) in [5.41, 5.74) is 3.25. The zero-order chi connectivity index (χ0) is 22.3. The van der Waals surface area contributed by atoms with Crippen molar-refractivity contribution in [3.8, 4) is 17.2 Å². The standard InChI is InChI=1S/C26H31N3O3/c1-3-28-16-15-27(17-18-32-25-9-5-4-7-21(25)19-26(28)30)20-23-8-6-14-29(23)22-10-12-24(31-2)13-11-22/h4-14H,3,15-20H2,1-2H3. The highest BCUT2D eigenvalue weighted by Gasteiger charge is 2.19. The molecule has 4 rings (SSSR count). The Labute approximate surface area is 190 Å². The zero-order valence-corrected chi connectivity index (χ0v) is 18.9. The molecule has 3 aromatic rings. The number of hydrogen-bond acceptors (Lipinski definition) is 4. The minimum atomic E-state index is 0.145. The quantitative estimate of drug-likeness (QED) is 0.615. The van der Waals surface area contributed by atoms with Crippen LogP contribution in [0.3, 0.4) is 0 Å². The lowest BCUT2D eigenvalue weighted by molar-refractivity contribution is -0.130. The number of ether oxygens (including phenoxy) is 2. The van der Waals surface area contributed by atoms with Gasteiger partial charge in [-0.2, -0.15) is 0 Å². The molecule has 0 fully saturated rings. The van der Waals surface area contributed by atoms with Gasteiger partial charge in [0.15, 0.2) is 0 Å². The minimum Gasteiger partial charge on any atom is -0.497 e. The topological polar surface area (TPSA) is 46.9 Å². The zero-order valence-electron chi connectivity index (χ0n) is 18.9. The average molecular weight is 434 g/mol. The molecule has 0 aliphatic carbocycles. The van der Waals surface area contributed by atoms with E-state index in [1.165, 1.54) is 5.69 Å². The first-order valence-electron chi connectivity index (χ1n) is 11.2. The maximum Gasteiger partial charge on any atom is 0.227 e. The van der Waals surface area contributed by atoms with Gasteiger partial charge in [0.1, 0.15) is 18.1 Å². The number of benzene rings is 2. The van der Waals surface area contributed by atoms with Gasteiger partial charge in [-0.1, -0.05) is 18.2 Å². The Morgan fingerprint density at radius 1 is 0.969 bits per heavy atom. The summed E-state index contributed by atoms with van der Waals surface area (Å²) in [4.78, 5) is 17.2. The first kappa shape index (κ1) is 22.0. The Balaban J connectivity index is 1.53. The van der Waals surface area contributed by atoms with E-state index < -0.39 is 0 Å². The first-order valence-corrected chi connectivity index (χ1v) is 11.2. The lowest BCUT2D eigenvalue weighted by atomic mass is 10.1. The molecule has 6 heteroatoms. The van der Waals surface area contributed by atoms with E-state index in [0.29, 0.717) is 26.1 Å². The van der Waals surface area contributed by atoms with E-state index in [2.05, 4.69) is 39.9 Å². The highest BCUT2D eigenvalue weighted by molar-refractivity contribution is 5.79. The SMILES string of the molecule is CCN1CCN(Cc2cccn2-c2ccc(OC)cc2)CCOc2ccccc2CC1=O. The maximum absolute atomic E-state index is 12.9. The third-order valence-electron chi connectivity index (χ3n) is 5.97. The summed E-state index contributed by atoms with van der Waals surface area (Å²) in [5.74, 6) is 1.80. The van der Waals surface area contributed by atoms with Crippen LogP contribution in [0.1, 0.15) is 18.2 Å². The lowest BCUT2D eigenvalue weighted by Gasteiger charge is -2.27. The second kappa shape index (κ2) is 10.4. The third-order valence-corrected chi connectivity index (χ3v) is 5.97. The normalized spacial score (nSPS) is 15.6. The Morgan fingerprint density at radius 2 is 1.78 bits per heavy atom. The molecule has 0 saturated carbocycles. The van der Waals surface area contributed by atoms with Gasteiger partial charge in [-0.15, -0.1) is 0 Å². The highest BCUT2D eigenvalue weighted by atomic mass is 16.5. The van der Waals surface area contributed by atoms with Crippen molar-refractivity contribution >= 4 is 5.91 Å². The molecule has 6 nitrogen and oxygen atoms in total. The molecule has 0 atom stereocenters. The summed E-state index contributed by atoms with van der Waals surface area (Å²) in [5, 5.41) is 0. The van der Waals surface area contributed by atoms with Crippen LogP contribution in [0.2, 0.25) is 0 Å². The van der Waals surface area contributed by atoms with Crippen molar-refractivity contribution in [3.63, 3.8) is 0 Å². The number of methoxy groups -OCH3 is 1. The summed E-state index contributed by atoms with van der Waals surface area (Å²) in [7, 11) is 1.68. The first-order chi connectivity index (χ1) is 15.7. The summed E-state index contributed by atoms with van der Waals surface area (Å²) in [6, 6.07) is 20.2. The van der Waals surface area contributed by atoms with E-state index in [-0.39, 0.29) is 5.91 Å². The smallest absolute Gasteiger partial charge is 0.227 e. The van der Waals surface area contributed by atoms with Crippen molar-refractivity contribution in [1.82, 2.24) is 14.4 Å². The van der Waals surface area contributed by atoms with Crippen LogP contribution in [0.25, 0.3) is 5.69 Å². The van der Waals surface area contributed by atoms with Crippen LogP contribution in [-0.4, -0.2) is 60.2 Å². The lowest BCUT2D eigenvalue weighted by Crippen LogP contribution is -2.40. The van der Waals surface area contributed by atoms with Gasteiger partial charge >= 0.3 is 0 Å². The van der Waals surface area contributed by atoms with Crippen LogP contribution in [0.5, 0.6) is 11.5 Å². The van der Waals surface area contributed by atoms with Gasteiger partial charge in [0.05, 0.1) is 13.5 Å². The molecular weight excluding hydrogens is 402 g/mol. The molecule has 0 spiro atoms. The van der Waals surface area contributed by atoms with E-state index in [1.807, 2.05) is 48.2 Å². The number of fused-ring (bicyclic) bond motifs is 1. The molecule has 0 bridgehead atoms. The van der Waals surface area contributed by atoms with Crippen molar-refractivity contribution in [2.24, 2.45) is 0 Å². The van der Waals surface area contributed by atoms with Crippen molar-refractivity contribution < 1.29 is 14.3 Å². The van der Waals surface area contributed by atoms with E-state index in [0.717, 1.165) is 42.4 Å². The van der Waals surface area contributed by atoms with Crippen LogP contribution in [0.4, 0.5) is 0 Å². The summed E-state index contributed by atoms with van der Waals surface area (Å²) in [6.07, 6.45) is 2.46. The van der Waals surface area contributed by atoms with Gasteiger partial charge in [-0.3, -0.25) is 9.69 Å². The Morgan fingerprint density at radius 3 is 2.56 bits per heavy atom. The molecule has 0 N–H and O–H groups in total. The number of carbonyl (C=O) groups excluding carboxylic acids is 1. The second-order valence-corrected chi connectivity index (χ2v) is 7.95. The molecule has 32 heavy (non-hydrogen) atoms. The van der Waals surface area contributed by atoms with Gasteiger partial charge in [0.25, 0.3) is 0 Å². The van der Waals surface area contributed by atoms with Crippen molar-refractivity contribution in [2.75, 3.05) is 39.9 Å². The highest BCUT2D eigenvalue weighted by Crippen LogP contribution is 2.21. The second-order valence-electron chi connectivity index (χ2n) is 7.95. The number of carbonyl (C=O) groups is 1. The number of amides is 1. The fraction of sp³-hybridized carbons (Fsp3) is 0.346. The van der Waals surface area contributed by atoms with Crippen LogP contribution < -0.4 is 9.47 Å². The van der Waals surface area contributed by atoms with Gasteiger partial charge in [-0.05, 0) is 49.4 Å². The molecule has 1 aliphatic rings. The number of rotatable bonds is 5. The van der Waals surface area contributed by atoms with Gasteiger partial charge < -0.3 is 18.9 Å². The molecule has 2 heterocycles. The average Bonchev–Trinajstić information content (AvgIpc) is 3.27. The molecule has 0 radical (unpaired) electrons. The Hall–Kier alpha value is -3.25. The van der Waals surface area contributed by atoms with Gasteiger partial charge in [0, 0.05) is 55.9 Å². The van der Waals surface area contributed by atoms with Crippen LogP contribution in [0, 0.1) is 0 Å².